The van der Waals surface area contributed by atoms with Gasteiger partial charge in [0, 0.05) is 54.0 Å². The number of benzene rings is 11. The average Bonchev–Trinajstić information content (AvgIpc) is 0.891. The largest absolute Gasteiger partial charge is 0.510 e. The van der Waals surface area contributed by atoms with E-state index in [-0.39, 0.29) is 83.0 Å². The molecule has 3 aromatic heterocycles. The van der Waals surface area contributed by atoms with Gasteiger partial charge in [-0.3, -0.25) is 4.57 Å². The van der Waals surface area contributed by atoms with Crippen molar-refractivity contribution < 1.29 is 75.6 Å². The molecule has 80 heavy (non-hydrogen) atoms. The monoisotopic (exact) mass is 1250 g/mol. The molecular formula is C73H50N4OPtSi-2. The van der Waals surface area contributed by atoms with Gasteiger partial charge >= 0.3 is 0 Å². The number of fused-ring (bicyclic) bond motifs is 4. The molecule has 0 aliphatic heterocycles. The summed E-state index contributed by atoms with van der Waals surface area (Å²) in [4.78, 5) is 4.65. The van der Waals surface area contributed by atoms with Crippen LogP contribution in [-0.2, 0) is 21.1 Å². The molecule has 384 valence electrons. The van der Waals surface area contributed by atoms with Crippen molar-refractivity contribution in [2.24, 2.45) is 0 Å². The normalized spacial score (nSPS) is 17.4. The molecule has 0 atom stereocenters. The molecule has 14 aromatic rings. The maximum Gasteiger partial charge on any atom is 0.268 e. The van der Waals surface area contributed by atoms with Crippen LogP contribution in [0.4, 0.5) is 0 Å². The molecule has 3 heterocycles. The third-order valence-electron chi connectivity index (χ3n) is 13.2. The summed E-state index contributed by atoms with van der Waals surface area (Å²) >= 11 is 0. The summed E-state index contributed by atoms with van der Waals surface area (Å²) in [5.74, 6) is -0.198. The summed E-state index contributed by atoms with van der Waals surface area (Å²) < 4.78 is 310. The zero-order valence-electron chi connectivity index (χ0n) is 73.8. The zero-order chi connectivity index (χ0) is 81.3. The Bertz CT molecular complexity index is 6090. The molecule has 0 aliphatic carbocycles. The molecule has 0 unspecified atom stereocenters. The van der Waals surface area contributed by atoms with Crippen molar-refractivity contribution in [3.63, 3.8) is 0 Å². The summed E-state index contributed by atoms with van der Waals surface area (Å²) in [6.45, 7) is -2.97. The van der Waals surface area contributed by atoms with Crippen molar-refractivity contribution >= 4 is 61.7 Å². The van der Waals surface area contributed by atoms with Gasteiger partial charge in [0.1, 0.15) is 5.82 Å². The van der Waals surface area contributed by atoms with E-state index in [0.717, 1.165) is 6.20 Å². The van der Waals surface area contributed by atoms with Crippen LogP contribution >= 0.6 is 0 Å². The number of pyridine rings is 1. The molecule has 0 radical (unpaired) electrons. The van der Waals surface area contributed by atoms with Gasteiger partial charge in [0.05, 0.1) is 57.8 Å². The minimum Gasteiger partial charge on any atom is -0.510 e. The number of rotatable bonds is 12. The van der Waals surface area contributed by atoms with Crippen LogP contribution in [0, 0.1) is 25.3 Å². The van der Waals surface area contributed by atoms with Gasteiger partial charge in [-0.05, 0) is 84.2 Å². The molecular weight excluding hydrogens is 1170 g/mol. The third-order valence-corrected chi connectivity index (χ3v) is 17.3. The van der Waals surface area contributed by atoms with Crippen LogP contribution in [0.25, 0.3) is 83.4 Å². The first-order chi connectivity index (χ1) is 52.7. The standard InChI is InChI=1S/C73H50N4OSi.Pt/c1-52-46-72(74-50-67(52)55-28-12-4-13-29-55)77-68-41-21-20-38-65(68)66-44-42-58(48-70(66)77)78-57-31-22-30-56(47-57)75-51-76(73-63(53-24-8-2-9-25-53)39-23-40-64(73)54-26-10-3-11-27-54)69-45-43-62(49-71(69)75)79(59-32-14-5-15-33-59,60-34-16-6-17-35-60)61-36-18-7-19-37-61;/h2-46,49-50H,1H3;/q-2;/i1D3,2D,3D,4D,5D,6D,7D,8D,9D,10D,11D,12D,13D,14D,15D,16D,17D,18D,19D,24D,25D,26D,27D,28D,29D,32D,33D,34D,35D,36D,37D;. The fraction of sp³-hybridized carbons (Fsp3) is 0.0137. The smallest absolute Gasteiger partial charge is 0.268 e. The van der Waals surface area contributed by atoms with Crippen LogP contribution in [0.1, 0.15) is 50.8 Å². The van der Waals surface area contributed by atoms with Gasteiger partial charge in [-0.1, -0.05) is 241 Å². The van der Waals surface area contributed by atoms with E-state index in [0.29, 0.717) is 16.3 Å². The van der Waals surface area contributed by atoms with Gasteiger partial charge in [0.2, 0.25) is 0 Å². The number of aryl methyl sites for hydroxylation is 1. The maximum absolute atomic E-state index is 9.81. The predicted octanol–water partition coefficient (Wildman–Crippen LogP) is 14.3. The molecule has 5 nitrogen and oxygen atoms in total. The SMILES string of the molecule is [2H]c1c([2H])c([2H])c(-c2cnc(-n3c4[c-]c(Oc5[c-]c(-n6[c-][n+](-c7c(-c8c([2H])c([2H])c([2H])c([2H])c8[2H])cccc7-c7c([2H])c([2H])c([2H])c([2H])c7[2H])c7ccc([Si](c8c([2H])c([2H])c([2H])c([2H])c8[2H])(c8c([2H])c([2H])c([2H])c([2H])c8[2H])c8c([2H])c([2H])c([2H])c([2H])c8[2H])cc76)ccc5)ccc4c4ccccc43)cc2C([2H])([2H])[2H])c([2H])c1[2H].[Pt]. The van der Waals surface area contributed by atoms with Crippen molar-refractivity contribution in [3.05, 3.63) is 309 Å². The zero-order valence-corrected chi connectivity index (χ0v) is 44.1. The van der Waals surface area contributed by atoms with E-state index < -0.39 is 239 Å². The molecule has 0 N–H and O–H groups in total. The van der Waals surface area contributed by atoms with Crippen LogP contribution in [-0.4, -0.2) is 22.2 Å². The molecule has 11 aromatic carbocycles. The second kappa shape index (κ2) is 21.4. The second-order valence-corrected chi connectivity index (χ2v) is 21.0. The predicted molar refractivity (Wildman–Crippen MR) is 325 cm³/mol. The van der Waals surface area contributed by atoms with Gasteiger partial charge < -0.3 is 13.9 Å². The Morgan fingerprint density at radius 1 is 0.500 bits per heavy atom. The van der Waals surface area contributed by atoms with Crippen molar-refractivity contribution in [2.45, 2.75) is 6.85 Å². The Morgan fingerprint density at radius 3 is 1.65 bits per heavy atom. The number of aromatic nitrogens is 4. The Morgan fingerprint density at radius 2 is 1.05 bits per heavy atom. The molecule has 0 aliphatic rings. The number of ether oxygens (including phenoxy) is 1. The molecule has 0 amide bonds. The Kier molecular flexibility index (Phi) is 6.84. The van der Waals surface area contributed by atoms with Gasteiger partial charge in [0.25, 0.3) is 6.33 Å². The minimum absolute atomic E-state index is 0. The van der Waals surface area contributed by atoms with E-state index in [2.05, 4.69) is 23.4 Å². The Hall–Kier alpha value is -9.45. The van der Waals surface area contributed by atoms with E-state index in [4.69, 9.17) is 28.0 Å². The number of hydrogen-bond acceptors (Lipinski definition) is 2. The first-order valence-corrected chi connectivity index (χ1v) is 26.0. The first kappa shape index (κ1) is 25.6. The molecule has 0 fully saturated rings. The Balaban J connectivity index is 0.0000112. The van der Waals surface area contributed by atoms with E-state index >= 15 is 0 Å². The summed E-state index contributed by atoms with van der Waals surface area (Å²) in [5.41, 5.74) is -2.65. The number of imidazole rings is 1. The summed E-state index contributed by atoms with van der Waals surface area (Å²) in [6, 6.07) is 2.56. The summed E-state index contributed by atoms with van der Waals surface area (Å²) in [6.07, 6.45) is 4.32. The molecule has 14 rings (SSSR count). The number of hydrogen-bond donors (Lipinski definition) is 0. The fourth-order valence-corrected chi connectivity index (χ4v) is 13.6. The summed E-state index contributed by atoms with van der Waals surface area (Å²) in [5, 5.41) is -1.82. The maximum atomic E-state index is 9.81. The van der Waals surface area contributed by atoms with Crippen molar-refractivity contribution in [1.29, 1.82) is 0 Å². The van der Waals surface area contributed by atoms with Crippen LogP contribution < -0.4 is 30.1 Å². The fourth-order valence-electron chi connectivity index (χ4n) is 9.83. The van der Waals surface area contributed by atoms with E-state index in [9.17, 15) is 21.9 Å². The van der Waals surface area contributed by atoms with E-state index in [1.54, 1.807) is 34.9 Å². The van der Waals surface area contributed by atoms with Gasteiger partial charge in [-0.25, -0.2) is 4.98 Å². The average molecular weight is 1260 g/mol. The number of nitrogens with zero attached hydrogens (tertiary/aromatic N) is 4. The summed E-state index contributed by atoms with van der Waals surface area (Å²) in [7, 11) is -5.95. The van der Waals surface area contributed by atoms with E-state index in [1.165, 1.54) is 75.9 Å². The minimum atomic E-state index is -5.95. The van der Waals surface area contributed by atoms with Crippen LogP contribution in [0.15, 0.2) is 285 Å². The molecule has 0 bridgehead atoms. The van der Waals surface area contributed by atoms with E-state index in [1.807, 2.05) is 0 Å². The van der Waals surface area contributed by atoms with Gasteiger partial charge in [0.15, 0.2) is 8.07 Å². The van der Waals surface area contributed by atoms with Gasteiger partial charge in [-0.2, -0.15) is 18.2 Å². The van der Waals surface area contributed by atoms with Crippen molar-refractivity contribution in [2.75, 3.05) is 0 Å². The molecule has 7 heteroatoms. The molecule has 0 spiro atoms. The molecule has 0 saturated heterocycles. The van der Waals surface area contributed by atoms with Crippen LogP contribution in [0.3, 0.4) is 0 Å². The van der Waals surface area contributed by atoms with Crippen LogP contribution in [0.2, 0.25) is 0 Å². The first-order valence-electron chi connectivity index (χ1n) is 40.5. The van der Waals surface area contributed by atoms with Crippen molar-refractivity contribution in [3.8, 4) is 62.1 Å². The second-order valence-electron chi connectivity index (χ2n) is 17.5. The molecule has 0 saturated carbocycles. The third kappa shape index (κ3) is 8.80. The van der Waals surface area contributed by atoms with Crippen molar-refractivity contribution in [1.82, 2.24) is 14.1 Å². The number of para-hydroxylation sites is 2. The quantitative estimate of drug-likeness (QED) is 0.0529. The Labute approximate surface area is 527 Å². The van der Waals surface area contributed by atoms with Gasteiger partial charge in [-0.15, -0.1) is 29.7 Å². The van der Waals surface area contributed by atoms with Crippen LogP contribution in [0.5, 0.6) is 11.5 Å². The topological polar surface area (TPSA) is 35.9 Å².